The third-order valence-electron chi connectivity index (χ3n) is 7.56. The first-order chi connectivity index (χ1) is 14.6. The van der Waals surface area contributed by atoms with Crippen molar-refractivity contribution < 1.29 is 9.47 Å². The molecule has 0 amide bonds. The van der Waals surface area contributed by atoms with Crippen LogP contribution in [-0.4, -0.2) is 13.2 Å². The lowest BCUT2D eigenvalue weighted by atomic mass is 9.54. The first kappa shape index (κ1) is 20.2. The molecule has 0 spiro atoms. The van der Waals surface area contributed by atoms with Crippen LogP contribution in [0.3, 0.4) is 0 Å². The first-order valence-electron chi connectivity index (χ1n) is 11.4. The van der Waals surface area contributed by atoms with Crippen LogP contribution in [0.5, 0.6) is 11.5 Å². The molecule has 0 heterocycles. The fourth-order valence-electron chi connectivity index (χ4n) is 6.35. The number of benzene rings is 2. The molecule has 4 aliphatic carbocycles. The summed E-state index contributed by atoms with van der Waals surface area (Å²) in [5.74, 6) is 5.08. The summed E-state index contributed by atoms with van der Waals surface area (Å²) >= 11 is 6.61. The summed E-state index contributed by atoms with van der Waals surface area (Å²) in [6, 6.07) is 13.1. The Balaban J connectivity index is 1.25. The van der Waals surface area contributed by atoms with Gasteiger partial charge in [0.2, 0.25) is 0 Å². The maximum absolute atomic E-state index is 6.61. The van der Waals surface area contributed by atoms with E-state index in [0.29, 0.717) is 29.2 Å². The van der Waals surface area contributed by atoms with E-state index in [1.54, 1.807) is 7.11 Å². The standard InChI is InChI=1S/C26H32ClNO2/c1-16-3-5-17(6-4-16)15-30-26-23(27)12-20(13-24(26)29-2)14-28-25-21-8-18-7-19(10-21)11-22(25)9-18/h3-6,12-13,18-19,21-22,25,28H,7-11,14-15H2,1-2H3. The highest BCUT2D eigenvalue weighted by molar-refractivity contribution is 6.32. The molecule has 2 aromatic carbocycles. The van der Waals surface area contributed by atoms with E-state index >= 15 is 0 Å². The number of aryl methyl sites for hydroxylation is 1. The number of ether oxygens (including phenoxy) is 2. The Labute approximate surface area is 185 Å². The predicted molar refractivity (Wildman–Crippen MR) is 121 cm³/mol. The van der Waals surface area contributed by atoms with Crippen molar-refractivity contribution in [1.29, 1.82) is 0 Å². The van der Waals surface area contributed by atoms with Crippen LogP contribution in [0.2, 0.25) is 5.02 Å². The second kappa shape index (κ2) is 8.43. The van der Waals surface area contributed by atoms with Crippen molar-refractivity contribution >= 4 is 11.6 Å². The minimum Gasteiger partial charge on any atom is -0.493 e. The van der Waals surface area contributed by atoms with Crippen LogP contribution >= 0.6 is 11.6 Å². The van der Waals surface area contributed by atoms with E-state index in [9.17, 15) is 0 Å². The fourth-order valence-corrected chi connectivity index (χ4v) is 6.64. The fraction of sp³-hybridized carbons (Fsp3) is 0.538. The van der Waals surface area contributed by atoms with Crippen LogP contribution in [0.15, 0.2) is 36.4 Å². The predicted octanol–water partition coefficient (Wildman–Crippen LogP) is 6.15. The summed E-state index contributed by atoms with van der Waals surface area (Å²) in [6.45, 7) is 3.39. The van der Waals surface area contributed by atoms with Gasteiger partial charge in [0.15, 0.2) is 11.5 Å². The number of methoxy groups -OCH3 is 1. The Morgan fingerprint density at radius 3 is 2.23 bits per heavy atom. The van der Waals surface area contributed by atoms with Gasteiger partial charge in [0, 0.05) is 12.6 Å². The largest absolute Gasteiger partial charge is 0.493 e. The lowest BCUT2D eigenvalue weighted by molar-refractivity contribution is -0.0142. The normalized spacial score (nSPS) is 29.2. The van der Waals surface area contributed by atoms with Gasteiger partial charge in [0.1, 0.15) is 6.61 Å². The van der Waals surface area contributed by atoms with Crippen LogP contribution in [0, 0.1) is 30.6 Å². The Hall–Kier alpha value is -1.71. The Bertz CT molecular complexity index is 867. The molecular formula is C26H32ClNO2. The summed E-state index contributed by atoms with van der Waals surface area (Å²) in [5, 5.41) is 4.50. The van der Waals surface area contributed by atoms with E-state index in [1.807, 2.05) is 6.07 Å². The molecule has 4 saturated carbocycles. The smallest absolute Gasteiger partial charge is 0.180 e. The molecule has 0 atom stereocenters. The highest BCUT2D eigenvalue weighted by atomic mass is 35.5. The molecule has 4 fully saturated rings. The van der Waals surface area contributed by atoms with Gasteiger partial charge >= 0.3 is 0 Å². The minimum absolute atomic E-state index is 0.474. The third kappa shape index (κ3) is 4.07. The lowest BCUT2D eigenvalue weighted by Gasteiger charge is -2.54. The zero-order valence-electron chi connectivity index (χ0n) is 18.0. The van der Waals surface area contributed by atoms with Crippen molar-refractivity contribution in [3.05, 3.63) is 58.1 Å². The monoisotopic (exact) mass is 425 g/mol. The second-order valence-corrected chi connectivity index (χ2v) is 10.1. The molecule has 4 heteroatoms. The van der Waals surface area contributed by atoms with Crippen molar-refractivity contribution in [3.63, 3.8) is 0 Å². The van der Waals surface area contributed by atoms with Crippen LogP contribution in [-0.2, 0) is 13.2 Å². The van der Waals surface area contributed by atoms with Crippen LogP contribution < -0.4 is 14.8 Å². The first-order valence-corrected chi connectivity index (χ1v) is 11.7. The number of halogens is 1. The number of rotatable bonds is 7. The van der Waals surface area contributed by atoms with E-state index < -0.39 is 0 Å². The molecule has 2 aromatic rings. The summed E-state index contributed by atoms with van der Waals surface area (Å²) in [5.41, 5.74) is 3.52. The van der Waals surface area contributed by atoms with Gasteiger partial charge in [-0.05, 0) is 86.0 Å². The Kier molecular flexibility index (Phi) is 5.68. The van der Waals surface area contributed by atoms with Gasteiger partial charge in [0.25, 0.3) is 0 Å². The Morgan fingerprint density at radius 1 is 0.933 bits per heavy atom. The summed E-state index contributed by atoms with van der Waals surface area (Å²) in [4.78, 5) is 0. The molecule has 0 unspecified atom stereocenters. The number of nitrogens with one attached hydrogen (secondary N) is 1. The van der Waals surface area contributed by atoms with E-state index in [4.69, 9.17) is 21.1 Å². The zero-order valence-corrected chi connectivity index (χ0v) is 18.8. The molecule has 3 nitrogen and oxygen atoms in total. The molecule has 160 valence electrons. The molecule has 1 N–H and O–H groups in total. The molecule has 0 radical (unpaired) electrons. The highest BCUT2D eigenvalue weighted by Gasteiger charge is 2.47. The van der Waals surface area contributed by atoms with Crippen LogP contribution in [0.25, 0.3) is 0 Å². The lowest BCUT2D eigenvalue weighted by Crippen LogP contribution is -2.54. The molecule has 0 aromatic heterocycles. The van der Waals surface area contributed by atoms with E-state index in [1.165, 1.54) is 37.7 Å². The van der Waals surface area contributed by atoms with Gasteiger partial charge in [-0.2, -0.15) is 0 Å². The molecule has 0 saturated heterocycles. The van der Waals surface area contributed by atoms with Gasteiger partial charge in [-0.25, -0.2) is 0 Å². The third-order valence-corrected chi connectivity index (χ3v) is 7.84. The van der Waals surface area contributed by atoms with Gasteiger partial charge in [0.05, 0.1) is 12.1 Å². The average molecular weight is 426 g/mol. The van der Waals surface area contributed by atoms with Crippen molar-refractivity contribution in [2.45, 2.75) is 58.2 Å². The van der Waals surface area contributed by atoms with Crippen molar-refractivity contribution in [1.82, 2.24) is 5.32 Å². The zero-order chi connectivity index (χ0) is 20.7. The topological polar surface area (TPSA) is 30.5 Å². The van der Waals surface area contributed by atoms with Crippen molar-refractivity contribution in [2.24, 2.45) is 23.7 Å². The summed E-state index contributed by atoms with van der Waals surface area (Å²) in [7, 11) is 1.68. The second-order valence-electron chi connectivity index (χ2n) is 9.72. The van der Waals surface area contributed by atoms with Crippen molar-refractivity contribution in [2.75, 3.05) is 7.11 Å². The van der Waals surface area contributed by atoms with Crippen LogP contribution in [0.1, 0.15) is 48.8 Å². The molecule has 30 heavy (non-hydrogen) atoms. The Morgan fingerprint density at radius 2 is 1.60 bits per heavy atom. The van der Waals surface area contributed by atoms with E-state index in [-0.39, 0.29) is 0 Å². The van der Waals surface area contributed by atoms with Crippen molar-refractivity contribution in [3.8, 4) is 11.5 Å². The maximum Gasteiger partial charge on any atom is 0.180 e. The SMILES string of the molecule is COc1cc(CNC2C3CC4CC(C3)CC2C4)cc(Cl)c1OCc1ccc(C)cc1. The van der Waals surface area contributed by atoms with Gasteiger partial charge in [-0.1, -0.05) is 41.4 Å². The molecule has 4 bridgehead atoms. The van der Waals surface area contributed by atoms with E-state index in [2.05, 4.69) is 42.6 Å². The minimum atomic E-state index is 0.474. The number of hydrogen-bond acceptors (Lipinski definition) is 3. The van der Waals surface area contributed by atoms with Crippen LogP contribution in [0.4, 0.5) is 0 Å². The molecule has 0 aliphatic heterocycles. The highest BCUT2D eigenvalue weighted by Crippen LogP contribution is 2.53. The number of hydrogen-bond donors (Lipinski definition) is 1. The summed E-state index contributed by atoms with van der Waals surface area (Å²) in [6.07, 6.45) is 7.22. The molecule has 4 aliphatic rings. The quantitative estimate of drug-likeness (QED) is 0.577. The van der Waals surface area contributed by atoms with E-state index in [0.717, 1.165) is 41.3 Å². The van der Waals surface area contributed by atoms with Gasteiger partial charge in [-0.15, -0.1) is 0 Å². The van der Waals surface area contributed by atoms with Gasteiger partial charge in [-0.3, -0.25) is 0 Å². The molecule has 6 rings (SSSR count). The van der Waals surface area contributed by atoms with Gasteiger partial charge < -0.3 is 14.8 Å². The summed E-state index contributed by atoms with van der Waals surface area (Å²) < 4.78 is 11.7. The maximum atomic E-state index is 6.61. The molecular weight excluding hydrogens is 394 g/mol. The average Bonchev–Trinajstić information content (AvgIpc) is 2.73.